The van der Waals surface area contributed by atoms with Gasteiger partial charge in [-0.25, -0.2) is 0 Å². The molecule has 3 N–H and O–H groups in total. The highest BCUT2D eigenvalue weighted by molar-refractivity contribution is 5.93. The number of nitrogens with one attached hydrogen (secondary N) is 1. The first-order chi connectivity index (χ1) is 12.5. The molecule has 5 heteroatoms. The molecule has 0 saturated heterocycles. The summed E-state index contributed by atoms with van der Waals surface area (Å²) < 4.78 is 6.34. The first-order valence-corrected chi connectivity index (χ1v) is 9.69. The molecule has 0 spiro atoms. The second-order valence-electron chi connectivity index (χ2n) is 9.22. The van der Waals surface area contributed by atoms with E-state index in [2.05, 4.69) is 39.9 Å². The normalized spacial score (nSPS) is 23.6. The molecule has 1 aliphatic carbocycles. The number of aliphatic hydroxyl groups excluding tert-OH is 1. The summed E-state index contributed by atoms with van der Waals surface area (Å²) in [6, 6.07) is 3.87. The highest BCUT2D eigenvalue weighted by Crippen LogP contribution is 2.54. The molecule has 1 aromatic carbocycles. The zero-order valence-electron chi connectivity index (χ0n) is 16.9. The van der Waals surface area contributed by atoms with Gasteiger partial charge in [0, 0.05) is 29.5 Å². The number of aromatic hydroxyl groups is 1. The van der Waals surface area contributed by atoms with E-state index in [-0.39, 0.29) is 47.7 Å². The van der Waals surface area contributed by atoms with Gasteiger partial charge in [0.05, 0.1) is 6.61 Å². The highest BCUT2D eigenvalue weighted by Gasteiger charge is 2.47. The summed E-state index contributed by atoms with van der Waals surface area (Å²) in [6.07, 6.45) is 3.26. The number of hydrogen-bond acceptors (Lipinski definition) is 4. The van der Waals surface area contributed by atoms with Gasteiger partial charge in [-0.3, -0.25) is 4.79 Å². The van der Waals surface area contributed by atoms with Crippen LogP contribution in [0.2, 0.25) is 0 Å². The van der Waals surface area contributed by atoms with Crippen molar-refractivity contribution in [1.82, 2.24) is 5.32 Å². The number of carbonyl (C=O) groups excluding carboxylic acids is 1. The minimum absolute atomic E-state index is 0.0256. The fourth-order valence-corrected chi connectivity index (χ4v) is 4.30. The van der Waals surface area contributed by atoms with Gasteiger partial charge in [0.2, 0.25) is 5.91 Å². The number of hydrogen-bond donors (Lipinski definition) is 3. The zero-order chi connectivity index (χ0) is 20.0. The minimum atomic E-state index is -0.385. The number of fused-ring (bicyclic) bond motifs is 3. The van der Waals surface area contributed by atoms with Crippen molar-refractivity contribution >= 4 is 5.91 Å². The van der Waals surface area contributed by atoms with Crippen molar-refractivity contribution in [1.29, 1.82) is 0 Å². The molecule has 0 bridgehead atoms. The SMILES string of the molecule is CC(C)(C)c1cc(O)c2c(c1)OC(C)(C)[C@@H]1CC=C(C(=O)NCCO)C[C@@H]21. The molecule has 1 aromatic rings. The number of amides is 1. The van der Waals surface area contributed by atoms with Crippen LogP contribution in [-0.2, 0) is 10.2 Å². The van der Waals surface area contributed by atoms with Crippen molar-refractivity contribution in [3.63, 3.8) is 0 Å². The van der Waals surface area contributed by atoms with Gasteiger partial charge in [-0.2, -0.15) is 0 Å². The van der Waals surface area contributed by atoms with Crippen LogP contribution >= 0.6 is 0 Å². The van der Waals surface area contributed by atoms with Crippen LogP contribution < -0.4 is 10.1 Å². The third kappa shape index (κ3) is 3.70. The Morgan fingerprint density at radius 2 is 2.04 bits per heavy atom. The number of benzene rings is 1. The molecule has 2 aliphatic rings. The van der Waals surface area contributed by atoms with Gasteiger partial charge in [-0.15, -0.1) is 0 Å². The van der Waals surface area contributed by atoms with Gasteiger partial charge in [-0.05, 0) is 49.8 Å². The van der Waals surface area contributed by atoms with Gasteiger partial charge in [0.1, 0.15) is 17.1 Å². The first kappa shape index (κ1) is 19.7. The van der Waals surface area contributed by atoms with Crippen LogP contribution in [0.3, 0.4) is 0 Å². The smallest absolute Gasteiger partial charge is 0.246 e. The molecule has 1 heterocycles. The van der Waals surface area contributed by atoms with Crippen LogP contribution in [0.4, 0.5) is 0 Å². The van der Waals surface area contributed by atoms with E-state index in [4.69, 9.17) is 9.84 Å². The summed E-state index contributed by atoms with van der Waals surface area (Å²) in [5.74, 6) is 1.05. The van der Waals surface area contributed by atoms with E-state index in [1.54, 1.807) is 0 Å². The molecule has 148 valence electrons. The maximum Gasteiger partial charge on any atom is 0.246 e. The predicted octanol–water partition coefficient (Wildman–Crippen LogP) is 3.39. The molecule has 3 rings (SSSR count). The number of carbonyl (C=O) groups is 1. The van der Waals surface area contributed by atoms with Gasteiger partial charge < -0.3 is 20.3 Å². The highest BCUT2D eigenvalue weighted by atomic mass is 16.5. The maximum atomic E-state index is 12.4. The molecule has 0 radical (unpaired) electrons. The van der Waals surface area contributed by atoms with E-state index in [0.29, 0.717) is 12.0 Å². The summed E-state index contributed by atoms with van der Waals surface area (Å²) in [7, 11) is 0. The standard InChI is InChI=1S/C22H31NO4/c1-21(2,3)14-11-17(25)19-15-10-13(20(26)23-8-9-24)6-7-16(15)22(4,5)27-18(19)12-14/h6,11-12,15-16,24-25H,7-10H2,1-5H3,(H,23,26)/t15-,16-/m1/s1. The molecule has 5 nitrogen and oxygen atoms in total. The topological polar surface area (TPSA) is 78.8 Å². The predicted molar refractivity (Wildman–Crippen MR) is 105 cm³/mol. The lowest BCUT2D eigenvalue weighted by Crippen LogP contribution is -2.46. The molecule has 1 aliphatic heterocycles. The Kier molecular flexibility index (Phi) is 5.02. The van der Waals surface area contributed by atoms with Crippen LogP contribution in [0.5, 0.6) is 11.5 Å². The Morgan fingerprint density at radius 3 is 2.67 bits per heavy atom. The Morgan fingerprint density at radius 1 is 1.33 bits per heavy atom. The summed E-state index contributed by atoms with van der Waals surface area (Å²) >= 11 is 0. The minimum Gasteiger partial charge on any atom is -0.508 e. The van der Waals surface area contributed by atoms with Gasteiger partial charge in [0.15, 0.2) is 0 Å². The van der Waals surface area contributed by atoms with Gasteiger partial charge in [-0.1, -0.05) is 26.8 Å². The van der Waals surface area contributed by atoms with Crippen LogP contribution in [0.1, 0.15) is 64.5 Å². The number of rotatable bonds is 3. The van der Waals surface area contributed by atoms with E-state index in [0.717, 1.165) is 23.3 Å². The first-order valence-electron chi connectivity index (χ1n) is 9.69. The Balaban J connectivity index is 2.01. The molecule has 0 aromatic heterocycles. The lowest BCUT2D eigenvalue weighted by molar-refractivity contribution is -0.118. The van der Waals surface area contributed by atoms with Crippen LogP contribution in [-0.4, -0.2) is 34.9 Å². The van der Waals surface area contributed by atoms with Crippen molar-refractivity contribution in [3.05, 3.63) is 34.9 Å². The Hall–Kier alpha value is -2.01. The molecular formula is C22H31NO4. The molecule has 0 fully saturated rings. The quantitative estimate of drug-likeness (QED) is 0.759. The molecular weight excluding hydrogens is 342 g/mol. The maximum absolute atomic E-state index is 12.4. The fraction of sp³-hybridized carbons (Fsp3) is 0.591. The Labute approximate surface area is 161 Å². The summed E-state index contributed by atoms with van der Waals surface area (Å²) in [5, 5.41) is 22.5. The molecule has 0 unspecified atom stereocenters. The van der Waals surface area contributed by atoms with E-state index in [9.17, 15) is 9.90 Å². The summed E-state index contributed by atoms with van der Waals surface area (Å²) in [4.78, 5) is 12.4. The van der Waals surface area contributed by atoms with Crippen LogP contribution in [0.15, 0.2) is 23.8 Å². The summed E-state index contributed by atoms with van der Waals surface area (Å²) in [5.41, 5.74) is 2.07. The monoisotopic (exact) mass is 373 g/mol. The van der Waals surface area contributed by atoms with Gasteiger partial charge in [0.25, 0.3) is 0 Å². The third-order valence-electron chi connectivity index (χ3n) is 5.86. The summed E-state index contributed by atoms with van der Waals surface area (Å²) in [6.45, 7) is 10.7. The number of aliphatic hydroxyl groups is 1. The van der Waals surface area contributed by atoms with Crippen molar-refractivity contribution in [2.45, 2.75) is 64.4 Å². The molecule has 0 saturated carbocycles. The lowest BCUT2D eigenvalue weighted by Gasteiger charge is -2.47. The average Bonchev–Trinajstić information content (AvgIpc) is 2.57. The number of phenolic OH excluding ortho intramolecular Hbond substituents is 1. The number of allylic oxidation sites excluding steroid dienone is 1. The van der Waals surface area contributed by atoms with E-state index in [1.165, 1.54) is 0 Å². The fourth-order valence-electron chi connectivity index (χ4n) is 4.30. The van der Waals surface area contributed by atoms with Crippen LogP contribution in [0, 0.1) is 5.92 Å². The van der Waals surface area contributed by atoms with Crippen molar-refractivity contribution in [2.24, 2.45) is 5.92 Å². The number of ether oxygens (including phenoxy) is 1. The second kappa shape index (κ2) is 6.86. The lowest BCUT2D eigenvalue weighted by atomic mass is 9.66. The number of phenols is 1. The van der Waals surface area contributed by atoms with Gasteiger partial charge >= 0.3 is 0 Å². The third-order valence-corrected chi connectivity index (χ3v) is 5.86. The van der Waals surface area contributed by atoms with Crippen LogP contribution in [0.25, 0.3) is 0 Å². The van der Waals surface area contributed by atoms with Crippen molar-refractivity contribution in [2.75, 3.05) is 13.2 Å². The van der Waals surface area contributed by atoms with E-state index >= 15 is 0 Å². The van der Waals surface area contributed by atoms with E-state index in [1.807, 2.05) is 18.2 Å². The largest absolute Gasteiger partial charge is 0.508 e. The second-order valence-corrected chi connectivity index (χ2v) is 9.22. The average molecular weight is 373 g/mol. The molecule has 2 atom stereocenters. The van der Waals surface area contributed by atoms with Crippen molar-refractivity contribution < 1.29 is 19.7 Å². The zero-order valence-corrected chi connectivity index (χ0v) is 16.9. The van der Waals surface area contributed by atoms with E-state index < -0.39 is 0 Å². The molecule has 27 heavy (non-hydrogen) atoms. The van der Waals surface area contributed by atoms with Crippen molar-refractivity contribution in [3.8, 4) is 11.5 Å². The Bertz CT molecular complexity index is 773. The molecule has 1 amide bonds.